The van der Waals surface area contributed by atoms with Crippen LogP contribution >= 0.6 is 34.8 Å². The average Bonchev–Trinajstić information content (AvgIpc) is 3.19. The molecule has 2 N–H and O–H groups in total. The lowest BCUT2D eigenvalue weighted by Crippen LogP contribution is -2.39. The number of aliphatic hydroxyl groups excluding tert-OH is 1. The minimum atomic E-state index is -0.870. The molecule has 33 heavy (non-hydrogen) atoms. The summed E-state index contributed by atoms with van der Waals surface area (Å²) >= 11 is 18.5. The standard InChI is InChI=1S/C25H30Cl3NO4/c1-16(20-5-2-6-22(26)21(20)8-10-25(31)32)33-15-19(30)14-29-11-3-4-18(29)12-17-7-9-23(27)24(28)13-17/h2,5-7,9,13,16,18-19,30H,3-4,8,10-12,14-15H2,1H3,(H,31,32)/t16-,18+,19-/m1/s1. The van der Waals surface area contributed by atoms with Gasteiger partial charge in [0.2, 0.25) is 0 Å². The molecule has 1 aliphatic heterocycles. The molecular formula is C25H30Cl3NO4. The molecule has 2 aromatic carbocycles. The lowest BCUT2D eigenvalue weighted by Gasteiger charge is -2.28. The molecule has 180 valence electrons. The lowest BCUT2D eigenvalue weighted by molar-refractivity contribution is -0.136. The third kappa shape index (κ3) is 7.57. The fraction of sp³-hybridized carbons (Fsp3) is 0.480. The van der Waals surface area contributed by atoms with Gasteiger partial charge in [0.15, 0.2) is 0 Å². The van der Waals surface area contributed by atoms with E-state index in [0.29, 0.717) is 34.1 Å². The number of rotatable bonds is 11. The molecule has 3 rings (SSSR count). The molecule has 1 aliphatic rings. The number of ether oxygens (including phenoxy) is 1. The van der Waals surface area contributed by atoms with E-state index in [1.807, 2.05) is 37.3 Å². The van der Waals surface area contributed by atoms with E-state index >= 15 is 0 Å². The van der Waals surface area contributed by atoms with Gasteiger partial charge in [-0.15, -0.1) is 0 Å². The first-order valence-corrected chi connectivity index (χ1v) is 12.3. The number of carboxylic acid groups (broad SMARTS) is 1. The number of hydrogen-bond donors (Lipinski definition) is 2. The molecule has 5 nitrogen and oxygen atoms in total. The van der Waals surface area contributed by atoms with E-state index in [9.17, 15) is 9.90 Å². The number of nitrogens with zero attached hydrogens (tertiary/aromatic N) is 1. The molecule has 3 atom stereocenters. The summed E-state index contributed by atoms with van der Waals surface area (Å²) in [6, 6.07) is 11.6. The van der Waals surface area contributed by atoms with Crippen molar-refractivity contribution in [1.29, 1.82) is 0 Å². The third-order valence-electron chi connectivity index (χ3n) is 6.12. The molecule has 0 aliphatic carbocycles. The van der Waals surface area contributed by atoms with Crippen molar-refractivity contribution in [3.05, 3.63) is 68.2 Å². The van der Waals surface area contributed by atoms with Gasteiger partial charge in [0, 0.05) is 24.0 Å². The first kappa shape index (κ1) is 26.3. The van der Waals surface area contributed by atoms with Crippen LogP contribution in [0.5, 0.6) is 0 Å². The van der Waals surface area contributed by atoms with Gasteiger partial charge in [0.1, 0.15) is 0 Å². The van der Waals surface area contributed by atoms with Gasteiger partial charge >= 0.3 is 5.97 Å². The zero-order valence-electron chi connectivity index (χ0n) is 18.6. The molecule has 1 fully saturated rings. The lowest BCUT2D eigenvalue weighted by atomic mass is 9.99. The minimum Gasteiger partial charge on any atom is -0.481 e. The molecule has 2 aromatic rings. The number of aliphatic hydroxyl groups is 1. The highest BCUT2D eigenvalue weighted by atomic mass is 35.5. The Balaban J connectivity index is 1.54. The predicted octanol–water partition coefficient (Wildman–Crippen LogP) is 5.81. The van der Waals surface area contributed by atoms with Crippen LogP contribution in [0.25, 0.3) is 0 Å². The molecule has 8 heteroatoms. The predicted molar refractivity (Wildman–Crippen MR) is 133 cm³/mol. The maximum Gasteiger partial charge on any atom is 0.303 e. The van der Waals surface area contributed by atoms with Crippen LogP contribution in [-0.4, -0.2) is 52.9 Å². The Labute approximate surface area is 210 Å². The number of benzene rings is 2. The molecule has 1 saturated heterocycles. The van der Waals surface area contributed by atoms with Gasteiger partial charge in [-0.3, -0.25) is 9.69 Å². The van der Waals surface area contributed by atoms with Gasteiger partial charge in [-0.05, 0) is 74.0 Å². The Hall–Kier alpha value is -1.34. The quantitative estimate of drug-likeness (QED) is 0.396. The second-order valence-corrected chi connectivity index (χ2v) is 9.80. The summed E-state index contributed by atoms with van der Waals surface area (Å²) in [6.07, 6.45) is 2.41. The molecule has 0 amide bonds. The van der Waals surface area contributed by atoms with E-state index in [0.717, 1.165) is 42.5 Å². The SMILES string of the molecule is C[C@@H](OC[C@H](O)CN1CCC[C@H]1Cc1ccc(Cl)c(Cl)c1)c1cccc(Cl)c1CCC(=O)O. The number of β-amino-alcohol motifs (C(OH)–C–C–N with tert-alkyl or cyclic N) is 1. The van der Waals surface area contributed by atoms with Crippen LogP contribution in [0.2, 0.25) is 15.1 Å². The van der Waals surface area contributed by atoms with Crippen LogP contribution in [0.15, 0.2) is 36.4 Å². The zero-order chi connectivity index (χ0) is 24.0. The Morgan fingerprint density at radius 3 is 2.70 bits per heavy atom. The minimum absolute atomic E-state index is 0.00125. The molecule has 0 bridgehead atoms. The molecule has 1 heterocycles. The van der Waals surface area contributed by atoms with Gasteiger partial charge < -0.3 is 14.9 Å². The van der Waals surface area contributed by atoms with E-state index in [1.54, 1.807) is 6.07 Å². The Kier molecular flexibility index (Phi) is 9.86. The van der Waals surface area contributed by atoms with E-state index in [1.165, 1.54) is 0 Å². The summed E-state index contributed by atoms with van der Waals surface area (Å²) in [5, 5.41) is 21.3. The van der Waals surface area contributed by atoms with Crippen molar-refractivity contribution in [3.63, 3.8) is 0 Å². The monoisotopic (exact) mass is 513 g/mol. The molecular weight excluding hydrogens is 485 g/mol. The van der Waals surface area contributed by atoms with Crippen molar-refractivity contribution in [1.82, 2.24) is 4.90 Å². The molecule has 0 saturated carbocycles. The van der Waals surface area contributed by atoms with Gasteiger partial charge in [-0.2, -0.15) is 0 Å². The van der Waals surface area contributed by atoms with E-state index in [-0.39, 0.29) is 19.1 Å². The van der Waals surface area contributed by atoms with Crippen LogP contribution < -0.4 is 0 Å². The highest BCUT2D eigenvalue weighted by Crippen LogP contribution is 2.29. The summed E-state index contributed by atoms with van der Waals surface area (Å²) in [6.45, 7) is 3.54. The smallest absolute Gasteiger partial charge is 0.303 e. The second-order valence-electron chi connectivity index (χ2n) is 8.57. The van der Waals surface area contributed by atoms with Crippen LogP contribution in [0.3, 0.4) is 0 Å². The summed E-state index contributed by atoms with van der Waals surface area (Å²) in [5.41, 5.74) is 2.77. The van der Waals surface area contributed by atoms with Crippen molar-refractivity contribution < 1.29 is 19.7 Å². The molecule has 0 aromatic heterocycles. The number of hydrogen-bond acceptors (Lipinski definition) is 4. The Morgan fingerprint density at radius 2 is 1.97 bits per heavy atom. The maximum atomic E-state index is 11.0. The molecule has 0 spiro atoms. The van der Waals surface area contributed by atoms with Crippen molar-refractivity contribution in [2.45, 2.75) is 57.3 Å². The fourth-order valence-corrected chi connectivity index (χ4v) is 5.02. The van der Waals surface area contributed by atoms with E-state index < -0.39 is 12.1 Å². The summed E-state index contributed by atoms with van der Waals surface area (Å²) in [4.78, 5) is 13.3. The summed E-state index contributed by atoms with van der Waals surface area (Å²) in [5.74, 6) is -0.870. The van der Waals surface area contributed by atoms with Crippen molar-refractivity contribution >= 4 is 40.8 Å². The summed E-state index contributed by atoms with van der Waals surface area (Å²) in [7, 11) is 0. The maximum absolute atomic E-state index is 11.0. The number of likely N-dealkylation sites (tertiary alicyclic amines) is 1. The van der Waals surface area contributed by atoms with Gasteiger partial charge in [0.05, 0.1) is 28.9 Å². The largest absolute Gasteiger partial charge is 0.481 e. The topological polar surface area (TPSA) is 70.0 Å². The van der Waals surface area contributed by atoms with Crippen molar-refractivity contribution in [2.75, 3.05) is 19.7 Å². The van der Waals surface area contributed by atoms with E-state index in [4.69, 9.17) is 44.6 Å². The first-order chi connectivity index (χ1) is 15.7. The summed E-state index contributed by atoms with van der Waals surface area (Å²) < 4.78 is 5.97. The van der Waals surface area contributed by atoms with Gasteiger partial charge in [-0.1, -0.05) is 53.0 Å². The highest BCUT2D eigenvalue weighted by molar-refractivity contribution is 6.42. The normalized spacial score (nSPS) is 18.4. The number of carboxylic acids is 1. The highest BCUT2D eigenvalue weighted by Gasteiger charge is 2.27. The van der Waals surface area contributed by atoms with E-state index in [2.05, 4.69) is 4.90 Å². The van der Waals surface area contributed by atoms with Crippen molar-refractivity contribution in [2.24, 2.45) is 0 Å². The fourth-order valence-electron chi connectivity index (χ4n) is 4.43. The number of aliphatic carboxylic acids is 1. The van der Waals surface area contributed by atoms with Crippen molar-refractivity contribution in [3.8, 4) is 0 Å². The second kappa shape index (κ2) is 12.4. The van der Waals surface area contributed by atoms with Crippen LogP contribution in [-0.2, 0) is 22.4 Å². The van der Waals surface area contributed by atoms with Crippen LogP contribution in [0.4, 0.5) is 0 Å². The molecule has 0 radical (unpaired) electrons. The number of halogens is 3. The Morgan fingerprint density at radius 1 is 1.18 bits per heavy atom. The Bertz CT molecular complexity index is 955. The average molecular weight is 515 g/mol. The van der Waals surface area contributed by atoms with Gasteiger partial charge in [-0.25, -0.2) is 0 Å². The number of carbonyl (C=O) groups is 1. The third-order valence-corrected chi connectivity index (χ3v) is 7.21. The van der Waals surface area contributed by atoms with Gasteiger partial charge in [0.25, 0.3) is 0 Å². The molecule has 0 unspecified atom stereocenters. The van der Waals surface area contributed by atoms with Crippen LogP contribution in [0, 0.1) is 0 Å². The zero-order valence-corrected chi connectivity index (χ0v) is 20.9. The van der Waals surface area contributed by atoms with Crippen LogP contribution in [0.1, 0.15) is 49.0 Å². The first-order valence-electron chi connectivity index (χ1n) is 11.2.